The van der Waals surface area contributed by atoms with E-state index in [0.717, 1.165) is 5.57 Å². The van der Waals surface area contributed by atoms with Crippen LogP contribution in [0.15, 0.2) is 23.8 Å². The Morgan fingerprint density at radius 1 is 1.23 bits per heavy atom. The average Bonchev–Trinajstić information content (AvgIpc) is 2.81. The smallest absolute Gasteiger partial charge is 0.333 e. The van der Waals surface area contributed by atoms with Gasteiger partial charge in [0.1, 0.15) is 17.7 Å². The molecule has 1 saturated heterocycles. The van der Waals surface area contributed by atoms with Gasteiger partial charge in [-0.2, -0.15) is 0 Å². The zero-order valence-corrected chi connectivity index (χ0v) is 15.6. The SMILES string of the molecule is C=C(C)[C@H]1C/C=C(\C(=O)OC)CC(=O)C[C@@]2(C)CC(=O)[C@@H](CC(=O)C1)O2. The second kappa shape index (κ2) is 8.08. The number of methoxy groups -OCH3 is 1. The van der Waals surface area contributed by atoms with E-state index in [1.54, 1.807) is 13.0 Å². The Balaban J connectivity index is 2.34. The van der Waals surface area contributed by atoms with Crippen LogP contribution in [0.5, 0.6) is 0 Å². The van der Waals surface area contributed by atoms with Crippen molar-refractivity contribution < 1.29 is 28.7 Å². The zero-order valence-electron chi connectivity index (χ0n) is 15.6. The largest absolute Gasteiger partial charge is 0.466 e. The fourth-order valence-corrected chi connectivity index (χ4v) is 3.55. The summed E-state index contributed by atoms with van der Waals surface area (Å²) in [6.45, 7) is 7.44. The van der Waals surface area contributed by atoms with E-state index >= 15 is 0 Å². The fourth-order valence-electron chi connectivity index (χ4n) is 3.55. The lowest BCUT2D eigenvalue weighted by molar-refractivity contribution is -0.138. The van der Waals surface area contributed by atoms with Gasteiger partial charge in [-0.15, -0.1) is 0 Å². The molecule has 2 rings (SSSR count). The Morgan fingerprint density at radius 2 is 1.92 bits per heavy atom. The molecule has 2 heterocycles. The van der Waals surface area contributed by atoms with Crippen LogP contribution in [0.25, 0.3) is 0 Å². The van der Waals surface area contributed by atoms with Gasteiger partial charge in [0, 0.05) is 37.7 Å². The molecule has 0 aromatic carbocycles. The van der Waals surface area contributed by atoms with Gasteiger partial charge in [0.2, 0.25) is 0 Å². The molecule has 2 bridgehead atoms. The van der Waals surface area contributed by atoms with E-state index in [2.05, 4.69) is 6.58 Å². The molecule has 0 amide bonds. The number of carbonyl (C=O) groups excluding carboxylic acids is 4. The molecule has 142 valence electrons. The maximum absolute atomic E-state index is 12.5. The summed E-state index contributed by atoms with van der Waals surface area (Å²) in [6.07, 6.45) is 1.55. The molecule has 3 atom stereocenters. The van der Waals surface area contributed by atoms with Gasteiger partial charge in [-0.3, -0.25) is 14.4 Å². The van der Waals surface area contributed by atoms with Gasteiger partial charge >= 0.3 is 5.97 Å². The van der Waals surface area contributed by atoms with Crippen LogP contribution in [0.3, 0.4) is 0 Å². The molecule has 2 aliphatic rings. The number of hydrogen-bond acceptors (Lipinski definition) is 6. The van der Waals surface area contributed by atoms with Crippen molar-refractivity contribution in [1.29, 1.82) is 0 Å². The van der Waals surface area contributed by atoms with Crippen LogP contribution >= 0.6 is 0 Å². The van der Waals surface area contributed by atoms with E-state index in [1.807, 2.05) is 6.92 Å². The zero-order chi connectivity index (χ0) is 19.5. The lowest BCUT2D eigenvalue weighted by atomic mass is 9.87. The summed E-state index contributed by atoms with van der Waals surface area (Å²) in [5.41, 5.74) is 0.144. The van der Waals surface area contributed by atoms with Crippen molar-refractivity contribution in [2.75, 3.05) is 7.11 Å². The number of fused-ring (bicyclic) bond motifs is 2. The Hall–Kier alpha value is -2.08. The first-order valence-electron chi connectivity index (χ1n) is 8.80. The third-order valence-electron chi connectivity index (χ3n) is 4.97. The number of allylic oxidation sites excluding steroid dienone is 2. The van der Waals surface area contributed by atoms with Crippen LogP contribution in [-0.2, 0) is 28.7 Å². The standard InChI is InChI=1S/C20H26O6/c1-12(2)13-5-6-14(19(24)25-4)8-16(22)10-20(3)11-17(23)18(26-20)9-15(21)7-13/h6,13,18H,1,5,7-11H2,2-4H3/b14-6-/t13-,18+,20-/m0/s1. The van der Waals surface area contributed by atoms with Crippen LogP contribution < -0.4 is 0 Å². The second-order valence-corrected chi connectivity index (χ2v) is 7.54. The average molecular weight is 362 g/mol. The van der Waals surface area contributed by atoms with Crippen molar-refractivity contribution in [1.82, 2.24) is 0 Å². The minimum atomic E-state index is -0.928. The summed E-state index contributed by atoms with van der Waals surface area (Å²) < 4.78 is 10.6. The van der Waals surface area contributed by atoms with Crippen LogP contribution in [-0.4, -0.2) is 42.1 Å². The molecule has 0 aromatic heterocycles. The number of Topliss-reactive ketones (excluding diaryl/α,β-unsaturated/α-hetero) is 3. The molecule has 0 unspecified atom stereocenters. The molecule has 1 fully saturated rings. The second-order valence-electron chi connectivity index (χ2n) is 7.54. The van der Waals surface area contributed by atoms with Gasteiger partial charge in [0.15, 0.2) is 5.78 Å². The number of carbonyl (C=O) groups is 4. The molecule has 0 spiro atoms. The lowest BCUT2D eigenvalue weighted by Crippen LogP contribution is -2.29. The molecule has 6 heteroatoms. The molecule has 0 N–H and O–H groups in total. The number of ketones is 3. The van der Waals surface area contributed by atoms with Gasteiger partial charge in [-0.1, -0.05) is 18.2 Å². The number of hydrogen-bond donors (Lipinski definition) is 0. The summed E-state index contributed by atoms with van der Waals surface area (Å²) in [6, 6.07) is 0. The number of rotatable bonds is 2. The van der Waals surface area contributed by atoms with E-state index in [0.29, 0.717) is 6.42 Å². The topological polar surface area (TPSA) is 86.7 Å². The molecule has 0 aromatic rings. The van der Waals surface area contributed by atoms with Gasteiger partial charge in [-0.25, -0.2) is 4.79 Å². The summed E-state index contributed by atoms with van der Waals surface area (Å²) in [5, 5.41) is 0. The Bertz CT molecular complexity index is 674. The highest BCUT2D eigenvalue weighted by Crippen LogP contribution is 2.34. The highest BCUT2D eigenvalue weighted by molar-refractivity contribution is 5.97. The van der Waals surface area contributed by atoms with E-state index in [-0.39, 0.29) is 60.9 Å². The third kappa shape index (κ3) is 4.97. The van der Waals surface area contributed by atoms with E-state index in [4.69, 9.17) is 9.47 Å². The highest BCUT2D eigenvalue weighted by atomic mass is 16.5. The van der Waals surface area contributed by atoms with Crippen LogP contribution in [0.4, 0.5) is 0 Å². The van der Waals surface area contributed by atoms with Crippen LogP contribution in [0, 0.1) is 5.92 Å². The fraction of sp³-hybridized carbons (Fsp3) is 0.600. The maximum atomic E-state index is 12.5. The van der Waals surface area contributed by atoms with Gasteiger partial charge in [-0.05, 0) is 26.2 Å². The van der Waals surface area contributed by atoms with Crippen LogP contribution in [0.2, 0.25) is 0 Å². The van der Waals surface area contributed by atoms with Crippen molar-refractivity contribution >= 4 is 23.3 Å². The van der Waals surface area contributed by atoms with E-state index < -0.39 is 17.7 Å². The minimum Gasteiger partial charge on any atom is -0.466 e. The molecule has 6 nitrogen and oxygen atoms in total. The molecule has 0 saturated carbocycles. The lowest BCUT2D eigenvalue weighted by Gasteiger charge is -2.23. The first-order valence-corrected chi connectivity index (χ1v) is 8.80. The van der Waals surface area contributed by atoms with Crippen molar-refractivity contribution in [3.05, 3.63) is 23.8 Å². The van der Waals surface area contributed by atoms with Crippen LogP contribution in [0.1, 0.15) is 52.4 Å². The summed E-state index contributed by atoms with van der Waals surface area (Å²) in [7, 11) is 1.26. The monoisotopic (exact) mass is 362 g/mol. The minimum absolute atomic E-state index is 0.0139. The molecular formula is C20H26O6. The summed E-state index contributed by atoms with van der Waals surface area (Å²) in [5.74, 6) is -1.16. The third-order valence-corrected chi connectivity index (χ3v) is 4.97. The molecule has 2 aliphatic heterocycles. The molecule has 26 heavy (non-hydrogen) atoms. The maximum Gasteiger partial charge on any atom is 0.333 e. The number of ether oxygens (including phenoxy) is 2. The summed E-state index contributed by atoms with van der Waals surface area (Å²) >= 11 is 0. The summed E-state index contributed by atoms with van der Waals surface area (Å²) in [4.78, 5) is 49.1. The van der Waals surface area contributed by atoms with Gasteiger partial charge in [0.05, 0.1) is 12.7 Å². The van der Waals surface area contributed by atoms with Crippen molar-refractivity contribution in [3.8, 4) is 0 Å². The Morgan fingerprint density at radius 3 is 2.54 bits per heavy atom. The Kier molecular flexibility index (Phi) is 6.29. The normalized spacial score (nSPS) is 32.7. The Labute approximate surface area is 153 Å². The first kappa shape index (κ1) is 20.2. The van der Waals surface area contributed by atoms with Gasteiger partial charge in [0.25, 0.3) is 0 Å². The highest BCUT2D eigenvalue weighted by Gasteiger charge is 2.44. The predicted molar refractivity (Wildman–Crippen MR) is 94.4 cm³/mol. The van der Waals surface area contributed by atoms with Crippen molar-refractivity contribution in [2.45, 2.75) is 64.1 Å². The van der Waals surface area contributed by atoms with Crippen molar-refractivity contribution in [2.24, 2.45) is 5.92 Å². The van der Waals surface area contributed by atoms with E-state index in [9.17, 15) is 19.2 Å². The number of esters is 1. The predicted octanol–water partition coefficient (Wildman–Crippen LogP) is 2.50. The molecular weight excluding hydrogens is 336 g/mol. The molecule has 0 aliphatic carbocycles. The van der Waals surface area contributed by atoms with Crippen molar-refractivity contribution in [3.63, 3.8) is 0 Å². The van der Waals surface area contributed by atoms with E-state index in [1.165, 1.54) is 7.11 Å². The first-order chi connectivity index (χ1) is 12.1. The quantitative estimate of drug-likeness (QED) is 0.554. The van der Waals surface area contributed by atoms with Gasteiger partial charge < -0.3 is 9.47 Å². The molecule has 0 radical (unpaired) electrons.